The zero-order valence-corrected chi connectivity index (χ0v) is 21.7. The fourth-order valence-electron chi connectivity index (χ4n) is 5.43. The largest absolute Gasteiger partial charge is 0.457 e. The molecule has 3 heterocycles. The van der Waals surface area contributed by atoms with Crippen LogP contribution >= 0.6 is 11.3 Å². The predicted octanol–water partition coefficient (Wildman–Crippen LogP) is 5.63. The first kappa shape index (κ1) is 24.2. The number of nitrogens with zero attached hydrogens (tertiary/aromatic N) is 3. The van der Waals surface area contributed by atoms with Gasteiger partial charge in [0.2, 0.25) is 0 Å². The van der Waals surface area contributed by atoms with Crippen LogP contribution in [0.4, 0.5) is 10.1 Å². The van der Waals surface area contributed by atoms with E-state index in [0.29, 0.717) is 26.4 Å². The Balaban J connectivity index is 1.36. The molecule has 7 rings (SSSR count). The number of fused-ring (bicyclic) bond motifs is 3. The van der Waals surface area contributed by atoms with Crippen LogP contribution in [0.25, 0.3) is 23.1 Å². The van der Waals surface area contributed by atoms with Crippen LogP contribution in [0.5, 0.6) is 0 Å². The van der Waals surface area contributed by atoms with E-state index in [9.17, 15) is 19.3 Å². The minimum Gasteiger partial charge on any atom is -0.457 e. The molecule has 0 radical (unpaired) electrons. The maximum atomic E-state index is 13.8. The third-order valence-corrected chi connectivity index (χ3v) is 8.30. The summed E-state index contributed by atoms with van der Waals surface area (Å²) in [6, 6.07) is 23.7. The van der Waals surface area contributed by atoms with E-state index in [0.717, 1.165) is 35.2 Å². The monoisotopic (exact) mass is 549 g/mol. The van der Waals surface area contributed by atoms with Crippen LogP contribution < -0.4 is 14.9 Å². The molecular weight excluding hydrogens is 529 g/mol. The average molecular weight is 550 g/mol. The molecule has 0 unspecified atom stereocenters. The maximum Gasteiger partial charge on any atom is 0.271 e. The van der Waals surface area contributed by atoms with Gasteiger partial charge in [0.25, 0.3) is 11.2 Å². The fourth-order valence-corrected chi connectivity index (χ4v) is 6.41. The molecule has 0 saturated carbocycles. The van der Waals surface area contributed by atoms with Gasteiger partial charge in [-0.1, -0.05) is 47.7 Å². The van der Waals surface area contributed by atoms with Gasteiger partial charge >= 0.3 is 0 Å². The number of allylic oxidation sites excluding steroid dienone is 1. The average Bonchev–Trinajstić information content (AvgIpc) is 3.57. The number of nitro benzene ring substituents is 1. The highest BCUT2D eigenvalue weighted by atomic mass is 32.1. The summed E-state index contributed by atoms with van der Waals surface area (Å²) in [6.07, 6.45) is 3.28. The summed E-state index contributed by atoms with van der Waals surface area (Å²) in [5.74, 6) is 0.678. The molecule has 0 spiro atoms. The molecule has 1 atom stereocenters. The van der Waals surface area contributed by atoms with Crippen molar-refractivity contribution < 1.29 is 13.7 Å². The SMILES string of the molecule is O=c1/c(=C\c2ccc(-c3ccc([N+](=O)[O-])cc3)o2)sc2n1[C@H](c1ccc(F)cc1)C1=C(N=2)c2ccccc2CC1. The predicted molar refractivity (Wildman–Crippen MR) is 150 cm³/mol. The second-order valence-corrected chi connectivity index (χ2v) is 10.7. The first-order valence-corrected chi connectivity index (χ1v) is 13.5. The van der Waals surface area contributed by atoms with E-state index in [2.05, 4.69) is 12.1 Å². The highest BCUT2D eigenvalue weighted by Crippen LogP contribution is 2.41. The van der Waals surface area contributed by atoms with Crippen LogP contribution in [0.3, 0.4) is 0 Å². The lowest BCUT2D eigenvalue weighted by atomic mass is 9.83. The van der Waals surface area contributed by atoms with Crippen molar-refractivity contribution in [2.75, 3.05) is 0 Å². The Morgan fingerprint density at radius 1 is 1.00 bits per heavy atom. The van der Waals surface area contributed by atoms with Crippen molar-refractivity contribution >= 4 is 28.8 Å². The Kier molecular flexibility index (Phi) is 5.67. The summed E-state index contributed by atoms with van der Waals surface area (Å²) in [7, 11) is 0. The number of rotatable bonds is 4. The molecule has 40 heavy (non-hydrogen) atoms. The molecule has 0 N–H and O–H groups in total. The van der Waals surface area contributed by atoms with Crippen LogP contribution in [-0.2, 0) is 6.42 Å². The van der Waals surface area contributed by atoms with Crippen molar-refractivity contribution in [1.82, 2.24) is 4.57 Å². The van der Waals surface area contributed by atoms with Crippen molar-refractivity contribution in [1.29, 1.82) is 0 Å². The Hall–Kier alpha value is -4.89. The van der Waals surface area contributed by atoms with Gasteiger partial charge in [-0.2, -0.15) is 0 Å². The molecule has 0 fully saturated rings. The third-order valence-electron chi connectivity index (χ3n) is 7.32. The van der Waals surface area contributed by atoms with Crippen molar-refractivity contribution in [2.24, 2.45) is 4.99 Å². The topological polar surface area (TPSA) is 90.6 Å². The van der Waals surface area contributed by atoms with Crippen molar-refractivity contribution in [2.45, 2.75) is 18.9 Å². The van der Waals surface area contributed by atoms with E-state index < -0.39 is 11.0 Å². The highest BCUT2D eigenvalue weighted by Gasteiger charge is 2.32. The first-order chi connectivity index (χ1) is 19.5. The van der Waals surface area contributed by atoms with Gasteiger partial charge in [0.1, 0.15) is 17.3 Å². The van der Waals surface area contributed by atoms with Gasteiger partial charge in [-0.25, -0.2) is 9.38 Å². The van der Waals surface area contributed by atoms with Crippen LogP contribution in [0.15, 0.2) is 105 Å². The molecule has 2 aliphatic rings. The summed E-state index contributed by atoms with van der Waals surface area (Å²) in [6.45, 7) is 0. The number of thiazole rings is 1. The summed E-state index contributed by atoms with van der Waals surface area (Å²) >= 11 is 1.28. The van der Waals surface area contributed by atoms with Gasteiger partial charge in [-0.3, -0.25) is 19.5 Å². The fraction of sp³-hybridized carbons (Fsp3) is 0.0968. The molecule has 0 bridgehead atoms. The Morgan fingerprint density at radius 2 is 1.77 bits per heavy atom. The van der Waals surface area contributed by atoms with Gasteiger partial charge in [-0.05, 0) is 65.9 Å². The minimum atomic E-state index is -0.452. The van der Waals surface area contributed by atoms with Gasteiger partial charge < -0.3 is 4.42 Å². The zero-order valence-electron chi connectivity index (χ0n) is 20.9. The van der Waals surface area contributed by atoms with E-state index in [1.165, 1.54) is 41.2 Å². The second kappa shape index (κ2) is 9.39. The Morgan fingerprint density at radius 3 is 2.55 bits per heavy atom. The lowest BCUT2D eigenvalue weighted by Gasteiger charge is -2.30. The third kappa shape index (κ3) is 4.02. The molecule has 7 nitrogen and oxygen atoms in total. The number of furan rings is 1. The number of nitro groups is 1. The van der Waals surface area contributed by atoms with E-state index in [4.69, 9.17) is 9.41 Å². The van der Waals surface area contributed by atoms with Crippen LogP contribution in [0, 0.1) is 15.9 Å². The normalized spacial score (nSPS) is 16.2. The lowest BCUT2D eigenvalue weighted by molar-refractivity contribution is -0.384. The van der Waals surface area contributed by atoms with Crippen molar-refractivity contribution in [3.63, 3.8) is 0 Å². The lowest BCUT2D eigenvalue weighted by Crippen LogP contribution is -2.38. The molecule has 1 aliphatic carbocycles. The molecule has 0 saturated heterocycles. The number of hydrogen-bond donors (Lipinski definition) is 0. The van der Waals surface area contributed by atoms with Gasteiger partial charge in [0.15, 0.2) is 4.80 Å². The number of benzene rings is 3. The second-order valence-electron chi connectivity index (χ2n) is 9.67. The highest BCUT2D eigenvalue weighted by molar-refractivity contribution is 7.07. The van der Waals surface area contributed by atoms with Gasteiger partial charge in [0, 0.05) is 29.3 Å². The van der Waals surface area contributed by atoms with E-state index in [1.54, 1.807) is 47.0 Å². The minimum absolute atomic E-state index is 0.00216. The van der Waals surface area contributed by atoms with Gasteiger partial charge in [0.05, 0.1) is 21.2 Å². The number of non-ortho nitro benzene ring substituents is 1. The molecule has 5 aromatic rings. The van der Waals surface area contributed by atoms with Crippen LogP contribution in [0.1, 0.15) is 34.9 Å². The number of hydrogen-bond acceptors (Lipinski definition) is 6. The first-order valence-electron chi connectivity index (χ1n) is 12.7. The van der Waals surface area contributed by atoms with Crippen LogP contribution in [0.2, 0.25) is 0 Å². The van der Waals surface area contributed by atoms with Crippen molar-refractivity contribution in [3.8, 4) is 11.3 Å². The quantitative estimate of drug-likeness (QED) is 0.215. The molecule has 0 amide bonds. The standard InChI is InChI=1S/C31H20FN3O4S/c32-21-10-5-20(6-11-21)29-25-15-9-18-3-1-2-4-24(18)28(25)33-31-34(29)30(36)27(40-31)17-23-14-16-26(39-23)19-7-12-22(13-8-19)35(37)38/h1-8,10-14,16-17,29H,9,15H2/b27-17+/t29-/m1/s1. The maximum absolute atomic E-state index is 13.8. The molecule has 1 aliphatic heterocycles. The Labute approximate surface area is 230 Å². The summed E-state index contributed by atoms with van der Waals surface area (Å²) < 4.78 is 22.0. The van der Waals surface area contributed by atoms with Gasteiger partial charge in [-0.15, -0.1) is 0 Å². The molecule has 3 aromatic carbocycles. The summed E-state index contributed by atoms with van der Waals surface area (Å²) in [5.41, 5.74) is 5.52. The van der Waals surface area contributed by atoms with E-state index in [1.807, 2.05) is 12.1 Å². The molecule has 9 heteroatoms. The smallest absolute Gasteiger partial charge is 0.271 e. The summed E-state index contributed by atoms with van der Waals surface area (Å²) in [5, 5.41) is 11.0. The number of aryl methyl sites for hydroxylation is 1. The van der Waals surface area contributed by atoms with E-state index in [-0.39, 0.29) is 17.1 Å². The van der Waals surface area contributed by atoms with Crippen molar-refractivity contribution in [3.05, 3.63) is 149 Å². The number of halogens is 1. The summed E-state index contributed by atoms with van der Waals surface area (Å²) in [4.78, 5) is 29.9. The Bertz CT molecular complexity index is 2020. The number of aromatic nitrogens is 1. The van der Waals surface area contributed by atoms with Crippen LogP contribution in [-0.4, -0.2) is 9.49 Å². The molecule has 196 valence electrons. The molecular formula is C31H20FN3O4S. The van der Waals surface area contributed by atoms with E-state index >= 15 is 0 Å². The zero-order chi connectivity index (χ0) is 27.4. The molecule has 2 aromatic heterocycles.